The number of ether oxygens (including phenoxy) is 2. The van der Waals surface area contributed by atoms with Gasteiger partial charge in [-0.1, -0.05) is 18.7 Å². The molecule has 0 aromatic heterocycles. The van der Waals surface area contributed by atoms with Crippen LogP contribution in [0.4, 0.5) is 4.39 Å². The maximum absolute atomic E-state index is 13.5. The van der Waals surface area contributed by atoms with Crippen molar-refractivity contribution in [1.82, 2.24) is 10.6 Å². The lowest BCUT2D eigenvalue weighted by atomic mass is 10.1. The number of carbonyl (C=O) groups is 2. The second-order valence-corrected chi connectivity index (χ2v) is 5.94. The third-order valence-corrected chi connectivity index (χ3v) is 3.91. The number of methoxy groups -OCH3 is 1. The summed E-state index contributed by atoms with van der Waals surface area (Å²) in [7, 11) is 1.49. The fourth-order valence-electron chi connectivity index (χ4n) is 2.37. The summed E-state index contributed by atoms with van der Waals surface area (Å²) in [5.41, 5.74) is 1.10. The predicted molar refractivity (Wildman–Crippen MR) is 104 cm³/mol. The highest BCUT2D eigenvalue weighted by Crippen LogP contribution is 2.28. The van der Waals surface area contributed by atoms with Crippen molar-refractivity contribution in [3.8, 4) is 11.5 Å². The SMILES string of the molecule is C=CCOc1ccc(C(=O)NCCNC(=O)c2ccc(C)c(F)c2)cc1OC. The van der Waals surface area contributed by atoms with E-state index in [0.29, 0.717) is 29.2 Å². The van der Waals surface area contributed by atoms with Crippen molar-refractivity contribution in [2.24, 2.45) is 0 Å². The van der Waals surface area contributed by atoms with E-state index in [4.69, 9.17) is 9.47 Å². The maximum atomic E-state index is 13.5. The highest BCUT2D eigenvalue weighted by atomic mass is 19.1. The molecule has 2 aromatic rings. The Labute approximate surface area is 163 Å². The van der Waals surface area contributed by atoms with E-state index < -0.39 is 11.7 Å². The molecule has 0 aliphatic carbocycles. The van der Waals surface area contributed by atoms with Gasteiger partial charge in [-0.05, 0) is 42.8 Å². The molecule has 0 heterocycles. The summed E-state index contributed by atoms with van der Waals surface area (Å²) in [5, 5.41) is 5.33. The van der Waals surface area contributed by atoms with Gasteiger partial charge in [-0.15, -0.1) is 0 Å². The summed E-state index contributed by atoms with van der Waals surface area (Å²) in [5.74, 6) is -0.209. The summed E-state index contributed by atoms with van der Waals surface area (Å²) in [6.45, 7) is 5.95. The van der Waals surface area contributed by atoms with Gasteiger partial charge in [0.15, 0.2) is 11.5 Å². The Kier molecular flexibility index (Phi) is 7.56. The summed E-state index contributed by atoms with van der Waals surface area (Å²) in [6.07, 6.45) is 1.61. The van der Waals surface area contributed by atoms with Crippen molar-refractivity contribution < 1.29 is 23.5 Å². The van der Waals surface area contributed by atoms with E-state index in [-0.39, 0.29) is 24.6 Å². The van der Waals surface area contributed by atoms with Gasteiger partial charge in [0.25, 0.3) is 11.8 Å². The van der Waals surface area contributed by atoms with Gasteiger partial charge in [0, 0.05) is 24.2 Å². The molecule has 0 saturated carbocycles. The molecule has 148 valence electrons. The van der Waals surface area contributed by atoms with Crippen molar-refractivity contribution >= 4 is 11.8 Å². The van der Waals surface area contributed by atoms with Gasteiger partial charge in [0.1, 0.15) is 12.4 Å². The summed E-state index contributed by atoms with van der Waals surface area (Å²) < 4.78 is 24.2. The molecule has 2 amide bonds. The van der Waals surface area contributed by atoms with E-state index in [9.17, 15) is 14.0 Å². The minimum Gasteiger partial charge on any atom is -0.493 e. The summed E-state index contributed by atoms with van der Waals surface area (Å²) >= 11 is 0. The molecule has 0 aliphatic heterocycles. The first kappa shape index (κ1) is 21.0. The molecule has 6 nitrogen and oxygen atoms in total. The molecular formula is C21H23FN2O4. The van der Waals surface area contributed by atoms with Crippen molar-refractivity contribution in [2.45, 2.75) is 6.92 Å². The molecular weight excluding hydrogens is 363 g/mol. The van der Waals surface area contributed by atoms with Crippen LogP contribution >= 0.6 is 0 Å². The number of benzene rings is 2. The van der Waals surface area contributed by atoms with Crippen LogP contribution in [0, 0.1) is 12.7 Å². The first-order valence-corrected chi connectivity index (χ1v) is 8.70. The smallest absolute Gasteiger partial charge is 0.251 e. The number of rotatable bonds is 9. The van der Waals surface area contributed by atoms with Crippen LogP contribution in [0.1, 0.15) is 26.3 Å². The van der Waals surface area contributed by atoms with Gasteiger partial charge in [0.2, 0.25) is 0 Å². The van der Waals surface area contributed by atoms with E-state index in [0.717, 1.165) is 0 Å². The number of hydrogen-bond donors (Lipinski definition) is 2. The molecule has 0 bridgehead atoms. The van der Waals surface area contributed by atoms with Crippen molar-refractivity contribution in [1.29, 1.82) is 0 Å². The monoisotopic (exact) mass is 386 g/mol. The number of carbonyl (C=O) groups excluding carboxylic acids is 2. The Morgan fingerprint density at radius 1 is 1.04 bits per heavy atom. The second-order valence-electron chi connectivity index (χ2n) is 5.94. The molecule has 2 N–H and O–H groups in total. The molecule has 0 radical (unpaired) electrons. The van der Waals surface area contributed by atoms with Crippen LogP contribution in [0.25, 0.3) is 0 Å². The van der Waals surface area contributed by atoms with Crippen molar-refractivity contribution in [2.75, 3.05) is 26.8 Å². The lowest BCUT2D eigenvalue weighted by Crippen LogP contribution is -2.34. The standard InChI is InChI=1S/C21H23FN2O4/c1-4-11-28-18-8-7-16(13-19(18)27-3)21(26)24-10-9-23-20(25)15-6-5-14(2)17(22)12-15/h4-8,12-13H,1,9-11H2,2-3H3,(H,23,25)(H,24,26). The Bertz CT molecular complexity index is 867. The van der Waals surface area contributed by atoms with E-state index in [1.807, 2.05) is 0 Å². The highest BCUT2D eigenvalue weighted by Gasteiger charge is 2.11. The zero-order chi connectivity index (χ0) is 20.5. The van der Waals surface area contributed by atoms with Gasteiger partial charge in [-0.3, -0.25) is 9.59 Å². The molecule has 0 aliphatic rings. The molecule has 2 aromatic carbocycles. The Morgan fingerprint density at radius 3 is 2.21 bits per heavy atom. The third kappa shape index (κ3) is 5.57. The predicted octanol–water partition coefficient (Wildman–Crippen LogP) is 2.87. The lowest BCUT2D eigenvalue weighted by molar-refractivity contribution is 0.0927. The van der Waals surface area contributed by atoms with Gasteiger partial charge in [-0.2, -0.15) is 0 Å². The molecule has 0 saturated heterocycles. The van der Waals surface area contributed by atoms with Crippen LogP contribution in [-0.4, -0.2) is 38.6 Å². The zero-order valence-corrected chi connectivity index (χ0v) is 15.9. The fourth-order valence-corrected chi connectivity index (χ4v) is 2.37. The first-order chi connectivity index (χ1) is 13.5. The maximum Gasteiger partial charge on any atom is 0.251 e. The average molecular weight is 386 g/mol. The highest BCUT2D eigenvalue weighted by molar-refractivity contribution is 5.95. The van der Waals surface area contributed by atoms with Crippen LogP contribution in [0.5, 0.6) is 11.5 Å². The fraction of sp³-hybridized carbons (Fsp3) is 0.238. The topological polar surface area (TPSA) is 76.7 Å². The van der Waals surface area contributed by atoms with Crippen LogP contribution in [0.15, 0.2) is 49.1 Å². The number of hydrogen-bond acceptors (Lipinski definition) is 4. The van der Waals surface area contributed by atoms with E-state index in [2.05, 4.69) is 17.2 Å². The summed E-state index contributed by atoms with van der Waals surface area (Å²) in [4.78, 5) is 24.3. The largest absolute Gasteiger partial charge is 0.493 e. The molecule has 28 heavy (non-hydrogen) atoms. The molecule has 0 unspecified atom stereocenters. The lowest BCUT2D eigenvalue weighted by Gasteiger charge is -2.11. The molecule has 7 heteroatoms. The third-order valence-electron chi connectivity index (χ3n) is 3.91. The Morgan fingerprint density at radius 2 is 1.64 bits per heavy atom. The second kappa shape index (κ2) is 10.1. The average Bonchev–Trinajstić information content (AvgIpc) is 2.71. The zero-order valence-electron chi connectivity index (χ0n) is 15.9. The minimum atomic E-state index is -0.435. The van der Waals surface area contributed by atoms with Gasteiger partial charge >= 0.3 is 0 Å². The molecule has 0 atom stereocenters. The van der Waals surface area contributed by atoms with Crippen molar-refractivity contribution in [3.05, 3.63) is 71.6 Å². The number of aryl methyl sites for hydroxylation is 1. The Balaban J connectivity index is 1.85. The molecule has 2 rings (SSSR count). The number of nitrogens with one attached hydrogen (secondary N) is 2. The van der Waals surface area contributed by atoms with Crippen molar-refractivity contribution in [3.63, 3.8) is 0 Å². The van der Waals surface area contributed by atoms with Crippen LogP contribution in [0.3, 0.4) is 0 Å². The van der Waals surface area contributed by atoms with E-state index in [1.54, 1.807) is 43.3 Å². The Hall–Kier alpha value is -3.35. The molecule has 0 spiro atoms. The van der Waals surface area contributed by atoms with Gasteiger partial charge < -0.3 is 20.1 Å². The van der Waals surface area contributed by atoms with Gasteiger partial charge in [-0.25, -0.2) is 4.39 Å². The number of amides is 2. The van der Waals surface area contributed by atoms with Gasteiger partial charge in [0.05, 0.1) is 7.11 Å². The van der Waals surface area contributed by atoms with E-state index in [1.165, 1.54) is 13.2 Å². The quantitative estimate of drug-likeness (QED) is 0.513. The minimum absolute atomic E-state index is 0.206. The normalized spacial score (nSPS) is 10.1. The van der Waals surface area contributed by atoms with Crippen LogP contribution in [-0.2, 0) is 0 Å². The van der Waals surface area contributed by atoms with E-state index >= 15 is 0 Å². The molecule has 0 fully saturated rings. The summed E-state index contributed by atoms with van der Waals surface area (Å²) in [6, 6.07) is 9.11. The number of halogens is 1. The first-order valence-electron chi connectivity index (χ1n) is 8.70. The van der Waals surface area contributed by atoms with Crippen LogP contribution in [0.2, 0.25) is 0 Å². The van der Waals surface area contributed by atoms with Crippen LogP contribution < -0.4 is 20.1 Å².